The number of hydrogen-bond acceptors (Lipinski definition) is 6. The molecule has 0 aliphatic rings. The zero-order chi connectivity index (χ0) is 71.7. The van der Waals surface area contributed by atoms with Gasteiger partial charge in [-0.25, -0.2) is 0 Å². The second-order valence-corrected chi connectivity index (χ2v) is 32.2. The summed E-state index contributed by atoms with van der Waals surface area (Å²) >= 11 is 3.69. The summed E-state index contributed by atoms with van der Waals surface area (Å²) in [5, 5.41) is 27.4. The van der Waals surface area contributed by atoms with E-state index in [-0.39, 0.29) is 0 Å². The van der Waals surface area contributed by atoms with Gasteiger partial charge in [0.15, 0.2) is 5.58 Å². The number of fused-ring (bicyclic) bond motifs is 36. The van der Waals surface area contributed by atoms with Crippen molar-refractivity contribution in [2.45, 2.75) is 0 Å². The molecule has 0 fully saturated rings. The molecule has 0 atom stereocenters. The molecule has 0 aliphatic heterocycles. The molecule has 9 heteroatoms. The quantitative estimate of drug-likeness (QED) is 0.172. The Labute approximate surface area is 636 Å². The molecule has 512 valence electrons. The van der Waals surface area contributed by atoms with E-state index in [2.05, 4.69) is 329 Å². The lowest BCUT2D eigenvalue weighted by atomic mass is 9.96. The van der Waals surface area contributed by atoms with Gasteiger partial charge in [0.2, 0.25) is 0 Å². The molecule has 0 saturated heterocycles. The summed E-state index contributed by atoms with van der Waals surface area (Å²) in [5.41, 5.74) is 20.8. The van der Waals surface area contributed by atoms with Crippen LogP contribution in [0.15, 0.2) is 339 Å². The highest BCUT2D eigenvalue weighted by molar-refractivity contribution is 7.26. The molecular formula is C102H53N3O4S2. The Bertz CT molecular complexity index is 8940. The highest BCUT2D eigenvalue weighted by Crippen LogP contribution is 2.53. The van der Waals surface area contributed by atoms with Crippen molar-refractivity contribution >= 4 is 249 Å². The number of nitrogens with zero attached hydrogens (tertiary/aromatic N) is 3. The van der Waals surface area contributed by atoms with E-state index < -0.39 is 0 Å². The van der Waals surface area contributed by atoms with Gasteiger partial charge >= 0.3 is 0 Å². The van der Waals surface area contributed by atoms with Crippen molar-refractivity contribution in [2.24, 2.45) is 0 Å². The lowest BCUT2D eigenvalue weighted by molar-refractivity contribution is 0.669. The Hall–Kier alpha value is -14.2. The number of benzene rings is 18. The van der Waals surface area contributed by atoms with Crippen molar-refractivity contribution in [1.82, 2.24) is 13.7 Å². The predicted octanol–water partition coefficient (Wildman–Crippen LogP) is 30.1. The van der Waals surface area contributed by atoms with Crippen molar-refractivity contribution in [3.63, 3.8) is 0 Å². The summed E-state index contributed by atoms with van der Waals surface area (Å²) in [6.07, 6.45) is 0. The van der Waals surface area contributed by atoms with E-state index in [1.165, 1.54) is 56.5 Å². The van der Waals surface area contributed by atoms with E-state index in [0.29, 0.717) is 0 Å². The maximum absolute atomic E-state index is 7.80. The average Bonchev–Trinajstić information content (AvgIpc) is 1.54. The van der Waals surface area contributed by atoms with E-state index in [1.807, 2.05) is 28.7 Å². The largest absolute Gasteiger partial charge is 0.456 e. The van der Waals surface area contributed by atoms with Crippen LogP contribution < -0.4 is 0 Å². The Morgan fingerprint density at radius 2 is 0.730 bits per heavy atom. The number of thiophene rings is 2. The second-order valence-electron chi connectivity index (χ2n) is 30.0. The van der Waals surface area contributed by atoms with Gasteiger partial charge in [0, 0.05) is 138 Å². The summed E-state index contributed by atoms with van der Waals surface area (Å²) in [7, 11) is 0. The van der Waals surface area contributed by atoms with Crippen molar-refractivity contribution in [2.75, 3.05) is 0 Å². The molecule has 0 aliphatic carbocycles. The van der Waals surface area contributed by atoms with Gasteiger partial charge in [0.1, 0.15) is 39.1 Å². The minimum atomic E-state index is 0.811. The highest BCUT2D eigenvalue weighted by atomic mass is 32.1. The zero-order valence-electron chi connectivity index (χ0n) is 58.9. The molecular weight excluding hydrogens is 1400 g/mol. The summed E-state index contributed by atoms with van der Waals surface area (Å²) in [6, 6.07) is 118. The van der Waals surface area contributed by atoms with Crippen LogP contribution in [0.1, 0.15) is 0 Å². The van der Waals surface area contributed by atoms with E-state index in [9.17, 15) is 0 Å². The molecule has 7 nitrogen and oxygen atoms in total. The van der Waals surface area contributed by atoms with Crippen molar-refractivity contribution in [3.05, 3.63) is 322 Å². The first-order valence-electron chi connectivity index (χ1n) is 37.7. The Morgan fingerprint density at radius 3 is 1.55 bits per heavy atom. The SMILES string of the molecule is c1ccc2cc3c(cc2c1)c1cc2oc4c(-c5ccc6c7c8ccccc8c8c9ccc(-c%10cc%11sc%12ccccc%12c%11cc%10-n%10c%11ccccc%11c%11c%12oc%13ccccc%13c%12c%12ccccc%12c%11%10)cc9oc8c7n(-c7ccc8sc9ccccc9c8c7)c6c5)cccc4c2cc1n3-c1ccc2oc3ccccc3c2c1. The maximum atomic E-state index is 7.80. The highest BCUT2D eigenvalue weighted by Gasteiger charge is 2.30. The molecule has 0 spiro atoms. The van der Waals surface area contributed by atoms with Gasteiger partial charge in [-0.3, -0.25) is 0 Å². The van der Waals surface area contributed by atoms with Crippen LogP contribution in [0.3, 0.4) is 0 Å². The minimum absolute atomic E-state index is 0.811. The summed E-state index contributed by atoms with van der Waals surface area (Å²) < 4.78 is 41.0. The second kappa shape index (κ2) is 21.3. The van der Waals surface area contributed by atoms with Gasteiger partial charge in [-0.15, -0.1) is 22.7 Å². The molecule has 27 aromatic rings. The molecule has 18 aromatic carbocycles. The van der Waals surface area contributed by atoms with Crippen LogP contribution in [-0.2, 0) is 0 Å². The van der Waals surface area contributed by atoms with E-state index >= 15 is 0 Å². The van der Waals surface area contributed by atoms with E-state index in [1.54, 1.807) is 0 Å². The number of para-hydroxylation sites is 4. The van der Waals surface area contributed by atoms with Crippen LogP contribution in [0.25, 0.3) is 265 Å². The van der Waals surface area contributed by atoms with Gasteiger partial charge in [-0.1, -0.05) is 200 Å². The monoisotopic (exact) mass is 1450 g/mol. The van der Waals surface area contributed by atoms with Gasteiger partial charge in [-0.2, -0.15) is 0 Å². The van der Waals surface area contributed by atoms with Crippen LogP contribution in [-0.4, -0.2) is 13.7 Å². The number of furan rings is 4. The lowest BCUT2D eigenvalue weighted by Crippen LogP contribution is -1.98. The van der Waals surface area contributed by atoms with E-state index in [0.717, 1.165) is 209 Å². The normalized spacial score (nSPS) is 12.7. The molecule has 9 aromatic heterocycles. The fourth-order valence-electron chi connectivity index (χ4n) is 19.6. The molecule has 0 radical (unpaired) electrons. The summed E-state index contributed by atoms with van der Waals surface area (Å²) in [5.74, 6) is 0. The van der Waals surface area contributed by atoms with Gasteiger partial charge < -0.3 is 31.4 Å². The smallest absolute Gasteiger partial charge is 0.160 e. The average molecular weight is 1450 g/mol. The third-order valence-electron chi connectivity index (χ3n) is 24.3. The zero-order valence-corrected chi connectivity index (χ0v) is 60.5. The van der Waals surface area contributed by atoms with Crippen molar-refractivity contribution in [1.29, 1.82) is 0 Å². The van der Waals surface area contributed by atoms with Crippen LogP contribution in [0.4, 0.5) is 0 Å². The molecule has 0 unspecified atom stereocenters. The molecule has 0 bridgehead atoms. The third kappa shape index (κ3) is 7.84. The summed E-state index contributed by atoms with van der Waals surface area (Å²) in [6.45, 7) is 0. The van der Waals surface area contributed by atoms with Crippen LogP contribution >= 0.6 is 22.7 Å². The molecule has 9 heterocycles. The minimum Gasteiger partial charge on any atom is -0.456 e. The predicted molar refractivity (Wildman–Crippen MR) is 468 cm³/mol. The fraction of sp³-hybridized carbons (Fsp3) is 0. The Kier molecular flexibility index (Phi) is 11.3. The molecule has 0 amide bonds. The van der Waals surface area contributed by atoms with Crippen LogP contribution in [0.2, 0.25) is 0 Å². The topological polar surface area (TPSA) is 67.3 Å². The first-order valence-corrected chi connectivity index (χ1v) is 39.4. The number of aromatic nitrogens is 3. The maximum Gasteiger partial charge on any atom is 0.160 e. The first-order chi connectivity index (χ1) is 55.0. The van der Waals surface area contributed by atoms with Gasteiger partial charge in [0.25, 0.3) is 0 Å². The molecule has 111 heavy (non-hydrogen) atoms. The van der Waals surface area contributed by atoms with E-state index in [4.69, 9.17) is 17.7 Å². The summed E-state index contributed by atoms with van der Waals surface area (Å²) in [4.78, 5) is 0. The number of hydrogen-bond donors (Lipinski definition) is 0. The fourth-order valence-corrected chi connectivity index (χ4v) is 21.8. The van der Waals surface area contributed by atoms with Gasteiger partial charge in [0.05, 0.1) is 44.2 Å². The lowest BCUT2D eigenvalue weighted by Gasteiger charge is -2.16. The molecule has 0 saturated carbocycles. The van der Waals surface area contributed by atoms with Crippen molar-refractivity contribution < 1.29 is 17.7 Å². The molecule has 27 rings (SSSR count). The number of rotatable bonds is 5. The third-order valence-corrected chi connectivity index (χ3v) is 26.6. The Balaban J connectivity index is 0.701. The van der Waals surface area contributed by atoms with Crippen LogP contribution in [0.5, 0.6) is 0 Å². The molecule has 0 N–H and O–H groups in total. The first kappa shape index (κ1) is 58.9. The standard InChI is InChI=1S/C102H53N3O4S2/c1-2-19-55-45-82-74(44-54(55)18-1)75-52-89-77(50-84(75)103(82)58-38-42-87-76(48-58)61-20-8-13-32-85(61)106-87)68-30-17-29-60(100(68)108-89)56-36-40-70-81(46-56)104(59-39-43-92-78(49-59)62-21-10-15-34-90(62)110-92)99-94(70)64-23-3-4-24-65(64)96-72-41-37-57(47-88(72)109-102(96)99)73-53-93-79(63-22-11-16-35-91(63)111-93)51-83(73)105-80-31-12-7-27-69(80)97-98(105)67-26-6-5-25-66(67)95-71-28-9-14-33-86(71)107-101(95)97/h1-53H. The van der Waals surface area contributed by atoms with Crippen LogP contribution in [0, 0.1) is 0 Å². The van der Waals surface area contributed by atoms with Gasteiger partial charge in [-0.05, 0) is 159 Å². The Morgan fingerprint density at radius 1 is 0.207 bits per heavy atom. The van der Waals surface area contributed by atoms with Crippen molar-refractivity contribution in [3.8, 4) is 39.3 Å².